The van der Waals surface area contributed by atoms with Crippen LogP contribution in [0.4, 0.5) is 0 Å². The van der Waals surface area contributed by atoms with E-state index in [0.717, 1.165) is 0 Å². The lowest BCUT2D eigenvalue weighted by atomic mass is 10.0. The summed E-state index contributed by atoms with van der Waals surface area (Å²) in [5.41, 5.74) is 6.16. The van der Waals surface area contributed by atoms with Crippen LogP contribution in [0.5, 0.6) is 5.75 Å². The predicted octanol–water partition coefficient (Wildman–Crippen LogP) is 1.23. The fourth-order valence-corrected chi connectivity index (χ4v) is 1.19. The molecule has 0 aliphatic rings. The van der Waals surface area contributed by atoms with E-state index in [1.54, 1.807) is 31.4 Å². The van der Waals surface area contributed by atoms with Gasteiger partial charge in [-0.3, -0.25) is 4.79 Å². The van der Waals surface area contributed by atoms with Crippen LogP contribution in [0.25, 0.3) is 0 Å². The van der Waals surface area contributed by atoms with Crippen molar-refractivity contribution in [3.05, 3.63) is 29.8 Å². The number of methoxy groups -OCH3 is 1. The molecule has 78 valence electrons. The van der Waals surface area contributed by atoms with Crippen molar-refractivity contribution in [1.29, 1.82) is 0 Å². The highest BCUT2D eigenvalue weighted by Gasteiger charge is 2.14. The Morgan fingerprint density at radius 2 is 2.13 bits per heavy atom. The molecule has 1 aromatic carbocycles. The number of benzene rings is 1. The maximum Gasteiger partial charge on any atom is 0.180 e. The third kappa shape index (κ3) is 2.83. The van der Waals surface area contributed by atoms with Gasteiger partial charge in [0.25, 0.3) is 0 Å². The van der Waals surface area contributed by atoms with E-state index < -0.39 is 6.04 Å². The van der Waals surface area contributed by atoms with Crippen LogP contribution < -0.4 is 10.5 Å². The van der Waals surface area contributed by atoms with Gasteiger partial charge >= 0.3 is 0 Å². The molecule has 1 rings (SSSR count). The van der Waals surface area contributed by atoms with E-state index in [4.69, 9.17) is 16.9 Å². The van der Waals surface area contributed by atoms with E-state index in [1.807, 2.05) is 0 Å². The fourth-order valence-electron chi connectivity index (χ4n) is 1.19. The van der Waals surface area contributed by atoms with E-state index >= 15 is 0 Å². The molecule has 0 amide bonds. The minimum absolute atomic E-state index is 0.143. The number of ketones is 1. The highest BCUT2D eigenvalue weighted by Crippen LogP contribution is 2.12. The van der Waals surface area contributed by atoms with E-state index in [2.05, 4.69) is 5.92 Å². The minimum Gasteiger partial charge on any atom is -0.497 e. The lowest BCUT2D eigenvalue weighted by molar-refractivity contribution is 0.0963. The second-order valence-electron chi connectivity index (χ2n) is 3.11. The Morgan fingerprint density at radius 3 is 2.60 bits per heavy atom. The molecule has 3 nitrogen and oxygen atoms in total. The number of Topliss-reactive ketones (excluding diaryl/α,β-unsaturated/α-hetero) is 1. The van der Waals surface area contributed by atoms with Crippen LogP contribution in [0.3, 0.4) is 0 Å². The lowest BCUT2D eigenvalue weighted by Gasteiger charge is -2.07. The first-order valence-corrected chi connectivity index (χ1v) is 4.56. The fraction of sp³-hybridized carbons (Fsp3) is 0.250. The summed E-state index contributed by atoms with van der Waals surface area (Å²) >= 11 is 0. The molecule has 0 aliphatic carbocycles. The largest absolute Gasteiger partial charge is 0.497 e. The molecule has 1 aromatic rings. The average Bonchev–Trinajstić information content (AvgIpc) is 2.28. The Bertz CT molecular complexity index is 376. The standard InChI is InChI=1S/C12H13NO2/c1-3-4-11(13)12(14)9-5-7-10(15-2)8-6-9/h1,5-8,11H,4,13H2,2H3. The van der Waals surface area contributed by atoms with Gasteiger partial charge in [0.1, 0.15) is 5.75 Å². The molecule has 0 radical (unpaired) electrons. The van der Waals surface area contributed by atoms with E-state index in [9.17, 15) is 4.79 Å². The molecule has 0 saturated heterocycles. The summed E-state index contributed by atoms with van der Waals surface area (Å²) in [6, 6.07) is 6.17. The van der Waals surface area contributed by atoms with Crippen LogP contribution in [-0.4, -0.2) is 18.9 Å². The topological polar surface area (TPSA) is 52.3 Å². The Morgan fingerprint density at radius 1 is 1.53 bits per heavy atom. The third-order valence-electron chi connectivity index (χ3n) is 2.05. The van der Waals surface area contributed by atoms with Gasteiger partial charge in [-0.1, -0.05) is 0 Å². The number of carbonyl (C=O) groups is 1. The molecular formula is C12H13NO2. The number of rotatable bonds is 4. The summed E-state index contributed by atoms with van der Waals surface area (Å²) in [6.07, 6.45) is 5.34. The van der Waals surface area contributed by atoms with Crippen molar-refractivity contribution in [3.8, 4) is 18.1 Å². The van der Waals surface area contributed by atoms with Gasteiger partial charge in [0.05, 0.1) is 13.2 Å². The average molecular weight is 203 g/mol. The Labute approximate surface area is 89.2 Å². The van der Waals surface area contributed by atoms with Crippen molar-refractivity contribution in [1.82, 2.24) is 0 Å². The molecule has 0 spiro atoms. The van der Waals surface area contributed by atoms with Crippen molar-refractivity contribution < 1.29 is 9.53 Å². The lowest BCUT2D eigenvalue weighted by Crippen LogP contribution is -2.29. The van der Waals surface area contributed by atoms with Gasteiger partial charge in [-0.25, -0.2) is 0 Å². The van der Waals surface area contributed by atoms with Crippen molar-refractivity contribution in [3.63, 3.8) is 0 Å². The highest BCUT2D eigenvalue weighted by molar-refractivity contribution is 6.00. The number of hydrogen-bond donors (Lipinski definition) is 1. The highest BCUT2D eigenvalue weighted by atomic mass is 16.5. The normalized spacial score (nSPS) is 11.5. The van der Waals surface area contributed by atoms with Crippen molar-refractivity contribution in [2.24, 2.45) is 5.73 Å². The van der Waals surface area contributed by atoms with Gasteiger partial charge in [0.15, 0.2) is 5.78 Å². The van der Waals surface area contributed by atoms with Gasteiger partial charge in [-0.05, 0) is 24.3 Å². The molecule has 0 bridgehead atoms. The molecule has 0 aliphatic heterocycles. The quantitative estimate of drug-likeness (QED) is 0.591. The third-order valence-corrected chi connectivity index (χ3v) is 2.05. The molecular weight excluding hydrogens is 190 g/mol. The first-order valence-electron chi connectivity index (χ1n) is 4.56. The van der Waals surface area contributed by atoms with Crippen LogP contribution >= 0.6 is 0 Å². The number of carbonyl (C=O) groups excluding carboxylic acids is 1. The summed E-state index contributed by atoms with van der Waals surface area (Å²) in [4.78, 5) is 11.7. The number of hydrogen-bond acceptors (Lipinski definition) is 3. The maximum atomic E-state index is 11.7. The maximum absolute atomic E-state index is 11.7. The summed E-state index contributed by atoms with van der Waals surface area (Å²) in [7, 11) is 1.57. The van der Waals surface area contributed by atoms with Gasteiger partial charge in [0, 0.05) is 12.0 Å². The zero-order valence-corrected chi connectivity index (χ0v) is 8.57. The number of nitrogens with two attached hydrogens (primary N) is 1. The van der Waals surface area contributed by atoms with Crippen molar-refractivity contribution in [2.75, 3.05) is 7.11 Å². The Balaban J connectivity index is 2.79. The first-order chi connectivity index (χ1) is 7.19. The van der Waals surface area contributed by atoms with Crippen LogP contribution in [0.15, 0.2) is 24.3 Å². The van der Waals surface area contributed by atoms with E-state index in [1.165, 1.54) is 0 Å². The van der Waals surface area contributed by atoms with Crippen LogP contribution in [-0.2, 0) is 0 Å². The van der Waals surface area contributed by atoms with Crippen molar-refractivity contribution >= 4 is 5.78 Å². The van der Waals surface area contributed by atoms with Gasteiger partial charge in [0.2, 0.25) is 0 Å². The van der Waals surface area contributed by atoms with Gasteiger partial charge in [-0.2, -0.15) is 0 Å². The second-order valence-corrected chi connectivity index (χ2v) is 3.11. The van der Waals surface area contributed by atoms with Crippen molar-refractivity contribution in [2.45, 2.75) is 12.5 Å². The summed E-state index contributed by atoms with van der Waals surface area (Å²) in [5, 5.41) is 0. The molecule has 1 unspecified atom stereocenters. The molecule has 15 heavy (non-hydrogen) atoms. The zero-order valence-electron chi connectivity index (χ0n) is 8.57. The second kappa shape index (κ2) is 5.18. The first kappa shape index (κ1) is 11.3. The molecule has 2 N–H and O–H groups in total. The Hall–Kier alpha value is -1.79. The number of ether oxygens (including phenoxy) is 1. The van der Waals surface area contributed by atoms with Crippen LogP contribution in [0, 0.1) is 12.3 Å². The van der Waals surface area contributed by atoms with E-state index in [-0.39, 0.29) is 12.2 Å². The predicted molar refractivity (Wildman–Crippen MR) is 58.7 cm³/mol. The molecule has 3 heteroatoms. The smallest absolute Gasteiger partial charge is 0.180 e. The molecule has 0 fully saturated rings. The minimum atomic E-state index is -0.622. The molecule has 0 saturated carbocycles. The monoisotopic (exact) mass is 203 g/mol. The molecule has 1 atom stereocenters. The SMILES string of the molecule is C#CCC(N)C(=O)c1ccc(OC)cc1. The van der Waals surface area contributed by atoms with Crippen LogP contribution in [0.2, 0.25) is 0 Å². The zero-order chi connectivity index (χ0) is 11.3. The molecule has 0 heterocycles. The summed E-state index contributed by atoms with van der Waals surface area (Å²) in [6.45, 7) is 0. The summed E-state index contributed by atoms with van der Waals surface area (Å²) < 4.78 is 4.98. The van der Waals surface area contributed by atoms with E-state index in [0.29, 0.717) is 11.3 Å². The summed E-state index contributed by atoms with van der Waals surface area (Å²) in [5.74, 6) is 2.93. The van der Waals surface area contributed by atoms with Gasteiger partial charge in [-0.15, -0.1) is 12.3 Å². The van der Waals surface area contributed by atoms with Gasteiger partial charge < -0.3 is 10.5 Å². The molecule has 0 aromatic heterocycles. The Kier molecular flexibility index (Phi) is 3.90. The van der Waals surface area contributed by atoms with Crippen LogP contribution in [0.1, 0.15) is 16.8 Å². The number of terminal acetylenes is 1.